The van der Waals surface area contributed by atoms with Gasteiger partial charge in [0.25, 0.3) is 0 Å². The number of anilines is 1. The SMILES string of the molecule is C=CCC(=O)NCCc1cccc2ccc(NC(=O)O)cc12. The van der Waals surface area contributed by atoms with E-state index in [1.165, 1.54) is 0 Å². The summed E-state index contributed by atoms with van der Waals surface area (Å²) < 4.78 is 0. The molecule has 0 radical (unpaired) electrons. The number of hydrogen-bond acceptors (Lipinski definition) is 2. The monoisotopic (exact) mass is 298 g/mol. The highest BCUT2D eigenvalue weighted by Crippen LogP contribution is 2.23. The molecule has 0 heterocycles. The highest BCUT2D eigenvalue weighted by molar-refractivity contribution is 5.92. The Balaban J connectivity index is 2.16. The molecule has 0 bridgehead atoms. The molecule has 0 saturated heterocycles. The van der Waals surface area contributed by atoms with Gasteiger partial charge in [0.2, 0.25) is 5.91 Å². The minimum Gasteiger partial charge on any atom is -0.465 e. The molecule has 0 fully saturated rings. The molecule has 0 spiro atoms. The standard InChI is InChI=1S/C17H18N2O3/c1-2-4-16(20)18-10-9-13-6-3-5-12-7-8-14(11-15(12)13)19-17(21)22/h2-3,5-8,11,19H,1,4,9-10H2,(H,18,20)(H,21,22). The first kappa shape index (κ1) is 15.6. The van der Waals surface area contributed by atoms with E-state index in [1.54, 1.807) is 12.1 Å². The van der Waals surface area contributed by atoms with Crippen molar-refractivity contribution in [2.24, 2.45) is 0 Å². The second kappa shape index (κ2) is 7.26. The van der Waals surface area contributed by atoms with E-state index < -0.39 is 6.09 Å². The first-order valence-corrected chi connectivity index (χ1v) is 6.99. The highest BCUT2D eigenvalue weighted by atomic mass is 16.4. The Hall–Kier alpha value is -2.82. The average molecular weight is 298 g/mol. The van der Waals surface area contributed by atoms with Gasteiger partial charge in [-0.15, -0.1) is 6.58 Å². The molecule has 2 aromatic carbocycles. The number of benzene rings is 2. The number of carboxylic acid groups (broad SMARTS) is 1. The number of amides is 2. The van der Waals surface area contributed by atoms with Gasteiger partial charge < -0.3 is 10.4 Å². The van der Waals surface area contributed by atoms with E-state index in [2.05, 4.69) is 17.2 Å². The molecule has 3 N–H and O–H groups in total. The van der Waals surface area contributed by atoms with Crippen molar-refractivity contribution in [1.29, 1.82) is 0 Å². The average Bonchev–Trinajstić information content (AvgIpc) is 2.47. The Bertz CT molecular complexity index is 710. The molecule has 0 unspecified atom stereocenters. The normalized spacial score (nSPS) is 10.2. The number of carbonyl (C=O) groups excluding carboxylic acids is 1. The van der Waals surface area contributed by atoms with Crippen LogP contribution in [0.4, 0.5) is 10.5 Å². The number of nitrogens with one attached hydrogen (secondary N) is 2. The molecule has 2 amide bonds. The van der Waals surface area contributed by atoms with Gasteiger partial charge in [-0.25, -0.2) is 4.79 Å². The molecule has 5 heteroatoms. The van der Waals surface area contributed by atoms with Gasteiger partial charge in [0.15, 0.2) is 0 Å². The minimum atomic E-state index is -1.09. The largest absolute Gasteiger partial charge is 0.465 e. The Kier molecular flexibility index (Phi) is 5.14. The molecular formula is C17H18N2O3. The van der Waals surface area contributed by atoms with Crippen molar-refractivity contribution < 1.29 is 14.7 Å². The van der Waals surface area contributed by atoms with E-state index in [0.29, 0.717) is 25.1 Å². The van der Waals surface area contributed by atoms with Crippen LogP contribution < -0.4 is 10.6 Å². The van der Waals surface area contributed by atoms with E-state index in [1.807, 2.05) is 30.3 Å². The first-order valence-electron chi connectivity index (χ1n) is 6.99. The Morgan fingerprint density at radius 2 is 2.05 bits per heavy atom. The van der Waals surface area contributed by atoms with E-state index >= 15 is 0 Å². The van der Waals surface area contributed by atoms with Crippen LogP contribution in [0.2, 0.25) is 0 Å². The van der Waals surface area contributed by atoms with E-state index in [0.717, 1.165) is 16.3 Å². The van der Waals surface area contributed by atoms with Crippen LogP contribution in [0, 0.1) is 0 Å². The van der Waals surface area contributed by atoms with E-state index in [4.69, 9.17) is 5.11 Å². The van der Waals surface area contributed by atoms with Crippen LogP contribution in [0.25, 0.3) is 10.8 Å². The maximum absolute atomic E-state index is 11.4. The van der Waals surface area contributed by atoms with Crippen LogP contribution in [0.1, 0.15) is 12.0 Å². The topological polar surface area (TPSA) is 78.4 Å². The van der Waals surface area contributed by atoms with Gasteiger partial charge in [-0.3, -0.25) is 10.1 Å². The van der Waals surface area contributed by atoms with Crippen LogP contribution >= 0.6 is 0 Å². The molecule has 0 aliphatic rings. The van der Waals surface area contributed by atoms with Gasteiger partial charge in [-0.2, -0.15) is 0 Å². The van der Waals surface area contributed by atoms with Gasteiger partial charge in [0, 0.05) is 18.7 Å². The number of fused-ring (bicyclic) bond motifs is 1. The van der Waals surface area contributed by atoms with Gasteiger partial charge >= 0.3 is 6.09 Å². The van der Waals surface area contributed by atoms with Crippen molar-refractivity contribution in [2.45, 2.75) is 12.8 Å². The predicted molar refractivity (Wildman–Crippen MR) is 87.1 cm³/mol. The number of carbonyl (C=O) groups is 2. The lowest BCUT2D eigenvalue weighted by molar-refractivity contribution is -0.120. The zero-order valence-electron chi connectivity index (χ0n) is 12.1. The lowest BCUT2D eigenvalue weighted by atomic mass is 10.0. The van der Waals surface area contributed by atoms with Crippen molar-refractivity contribution in [3.05, 3.63) is 54.6 Å². The quantitative estimate of drug-likeness (QED) is 0.717. The Labute approximate surface area is 128 Å². The van der Waals surface area contributed by atoms with Crippen molar-refractivity contribution in [2.75, 3.05) is 11.9 Å². The van der Waals surface area contributed by atoms with E-state index in [9.17, 15) is 9.59 Å². The molecule has 2 rings (SSSR count). The lowest BCUT2D eigenvalue weighted by Gasteiger charge is -2.09. The molecule has 22 heavy (non-hydrogen) atoms. The Morgan fingerprint density at radius 1 is 1.23 bits per heavy atom. The maximum atomic E-state index is 11.4. The smallest absolute Gasteiger partial charge is 0.409 e. The molecule has 0 aliphatic carbocycles. The van der Waals surface area contributed by atoms with Gasteiger partial charge in [0.05, 0.1) is 0 Å². The zero-order valence-corrected chi connectivity index (χ0v) is 12.1. The molecule has 0 aliphatic heterocycles. The lowest BCUT2D eigenvalue weighted by Crippen LogP contribution is -2.24. The summed E-state index contributed by atoms with van der Waals surface area (Å²) in [6, 6.07) is 11.3. The van der Waals surface area contributed by atoms with Crippen molar-refractivity contribution in [3.63, 3.8) is 0 Å². The first-order chi connectivity index (χ1) is 10.6. The van der Waals surface area contributed by atoms with Crippen LogP contribution in [0.5, 0.6) is 0 Å². The summed E-state index contributed by atoms with van der Waals surface area (Å²) in [5, 5.41) is 16.0. The Morgan fingerprint density at radius 3 is 2.77 bits per heavy atom. The zero-order chi connectivity index (χ0) is 15.9. The fraction of sp³-hybridized carbons (Fsp3) is 0.176. The summed E-state index contributed by atoms with van der Waals surface area (Å²) in [7, 11) is 0. The fourth-order valence-electron chi connectivity index (χ4n) is 2.30. The van der Waals surface area contributed by atoms with Gasteiger partial charge in [-0.05, 0) is 34.9 Å². The molecular weight excluding hydrogens is 280 g/mol. The van der Waals surface area contributed by atoms with Crippen molar-refractivity contribution in [1.82, 2.24) is 5.32 Å². The summed E-state index contributed by atoms with van der Waals surface area (Å²) >= 11 is 0. The van der Waals surface area contributed by atoms with Gasteiger partial charge in [-0.1, -0.05) is 30.3 Å². The molecule has 114 valence electrons. The minimum absolute atomic E-state index is 0.0523. The maximum Gasteiger partial charge on any atom is 0.409 e. The second-order valence-electron chi connectivity index (χ2n) is 4.88. The van der Waals surface area contributed by atoms with Crippen molar-refractivity contribution >= 4 is 28.5 Å². The third-order valence-corrected chi connectivity index (χ3v) is 3.27. The van der Waals surface area contributed by atoms with Crippen LogP contribution in [-0.2, 0) is 11.2 Å². The van der Waals surface area contributed by atoms with Crippen molar-refractivity contribution in [3.8, 4) is 0 Å². The fourth-order valence-corrected chi connectivity index (χ4v) is 2.30. The van der Waals surface area contributed by atoms with Gasteiger partial charge in [0.1, 0.15) is 0 Å². The number of hydrogen-bond donors (Lipinski definition) is 3. The predicted octanol–water partition coefficient (Wildman–Crippen LogP) is 3.16. The molecule has 2 aromatic rings. The molecule has 0 atom stereocenters. The summed E-state index contributed by atoms with van der Waals surface area (Å²) in [4.78, 5) is 22.1. The second-order valence-corrected chi connectivity index (χ2v) is 4.88. The third kappa shape index (κ3) is 4.09. The summed E-state index contributed by atoms with van der Waals surface area (Å²) in [6.07, 6.45) is 1.46. The summed E-state index contributed by atoms with van der Waals surface area (Å²) in [5.74, 6) is -0.0523. The molecule has 0 saturated carbocycles. The number of rotatable bonds is 6. The third-order valence-electron chi connectivity index (χ3n) is 3.27. The summed E-state index contributed by atoms with van der Waals surface area (Å²) in [6.45, 7) is 4.06. The van der Waals surface area contributed by atoms with Crippen LogP contribution in [0.3, 0.4) is 0 Å². The molecule has 5 nitrogen and oxygen atoms in total. The molecule has 0 aromatic heterocycles. The highest BCUT2D eigenvalue weighted by Gasteiger charge is 2.05. The van der Waals surface area contributed by atoms with Crippen LogP contribution in [-0.4, -0.2) is 23.7 Å². The van der Waals surface area contributed by atoms with Crippen LogP contribution in [0.15, 0.2) is 49.1 Å². The van der Waals surface area contributed by atoms with E-state index in [-0.39, 0.29) is 5.91 Å². The summed E-state index contributed by atoms with van der Waals surface area (Å²) in [5.41, 5.74) is 1.59.